The molecule has 0 radical (unpaired) electrons. The van der Waals surface area contributed by atoms with E-state index in [0.29, 0.717) is 29.4 Å². The minimum absolute atomic E-state index is 0.203. The standard InChI is InChI=1S/C23H19N3O3/c1-2-28-20-13-12-16-8-6-7-11-19(16)21(20)22(27)26-17-14-24-23(25-15-17)29-18-9-4-3-5-10-18/h3-15H,2H2,1H3,(H,26,27). The third-order valence-corrected chi connectivity index (χ3v) is 4.26. The van der Waals surface area contributed by atoms with Crippen LogP contribution in [0, 0.1) is 0 Å². The fourth-order valence-corrected chi connectivity index (χ4v) is 2.98. The van der Waals surface area contributed by atoms with Crippen LogP contribution in [0.1, 0.15) is 17.3 Å². The molecule has 0 unspecified atom stereocenters. The molecule has 0 saturated heterocycles. The quantitative estimate of drug-likeness (QED) is 0.501. The lowest BCUT2D eigenvalue weighted by Gasteiger charge is -2.13. The van der Waals surface area contributed by atoms with Crippen molar-refractivity contribution in [1.29, 1.82) is 0 Å². The van der Waals surface area contributed by atoms with Crippen LogP contribution in [0.25, 0.3) is 10.8 Å². The Morgan fingerprint density at radius 1 is 0.931 bits per heavy atom. The second-order valence-electron chi connectivity index (χ2n) is 6.22. The molecule has 4 rings (SSSR count). The van der Waals surface area contributed by atoms with Gasteiger partial charge in [-0.25, -0.2) is 9.97 Å². The first kappa shape index (κ1) is 18.4. The SMILES string of the molecule is CCOc1ccc2ccccc2c1C(=O)Nc1cnc(Oc2ccccc2)nc1. The highest BCUT2D eigenvalue weighted by Gasteiger charge is 2.17. The lowest BCUT2D eigenvalue weighted by Crippen LogP contribution is -2.15. The van der Waals surface area contributed by atoms with Crippen LogP contribution in [0.5, 0.6) is 17.5 Å². The molecule has 0 bridgehead atoms. The van der Waals surface area contributed by atoms with Crippen molar-refractivity contribution in [3.63, 3.8) is 0 Å². The van der Waals surface area contributed by atoms with Crippen LogP contribution >= 0.6 is 0 Å². The van der Waals surface area contributed by atoms with Gasteiger partial charge in [0.1, 0.15) is 11.5 Å². The lowest BCUT2D eigenvalue weighted by molar-refractivity contribution is 0.102. The Morgan fingerprint density at radius 3 is 2.41 bits per heavy atom. The van der Waals surface area contributed by atoms with Crippen LogP contribution in [-0.2, 0) is 0 Å². The number of fused-ring (bicyclic) bond motifs is 1. The van der Waals surface area contributed by atoms with E-state index < -0.39 is 0 Å². The van der Waals surface area contributed by atoms with Crippen molar-refractivity contribution in [2.24, 2.45) is 0 Å². The van der Waals surface area contributed by atoms with Crippen LogP contribution < -0.4 is 14.8 Å². The molecule has 1 heterocycles. The van der Waals surface area contributed by atoms with Gasteiger partial charge in [0.2, 0.25) is 0 Å². The maximum Gasteiger partial charge on any atom is 0.322 e. The van der Waals surface area contributed by atoms with E-state index in [-0.39, 0.29) is 11.9 Å². The van der Waals surface area contributed by atoms with Crippen molar-refractivity contribution in [2.75, 3.05) is 11.9 Å². The minimum atomic E-state index is -0.287. The monoisotopic (exact) mass is 385 g/mol. The summed E-state index contributed by atoms with van der Waals surface area (Å²) >= 11 is 0. The number of amides is 1. The van der Waals surface area contributed by atoms with Crippen LogP contribution in [-0.4, -0.2) is 22.5 Å². The van der Waals surface area contributed by atoms with E-state index in [1.807, 2.05) is 73.7 Å². The summed E-state index contributed by atoms with van der Waals surface area (Å²) in [7, 11) is 0. The highest BCUT2D eigenvalue weighted by atomic mass is 16.5. The molecule has 0 aliphatic heterocycles. The molecular weight excluding hydrogens is 366 g/mol. The van der Waals surface area contributed by atoms with E-state index in [9.17, 15) is 4.79 Å². The molecule has 29 heavy (non-hydrogen) atoms. The number of nitrogens with one attached hydrogen (secondary N) is 1. The van der Waals surface area contributed by atoms with Gasteiger partial charge in [-0.2, -0.15) is 0 Å². The maximum absolute atomic E-state index is 13.0. The van der Waals surface area contributed by atoms with E-state index in [2.05, 4.69) is 15.3 Å². The summed E-state index contributed by atoms with van der Waals surface area (Å²) in [6, 6.07) is 20.9. The zero-order valence-corrected chi connectivity index (χ0v) is 15.8. The van der Waals surface area contributed by atoms with E-state index in [0.717, 1.165) is 10.8 Å². The average molecular weight is 385 g/mol. The normalized spacial score (nSPS) is 10.5. The van der Waals surface area contributed by atoms with Crippen molar-refractivity contribution in [3.05, 3.63) is 84.7 Å². The number of ether oxygens (including phenoxy) is 2. The molecule has 3 aromatic carbocycles. The van der Waals surface area contributed by atoms with E-state index in [4.69, 9.17) is 9.47 Å². The lowest BCUT2D eigenvalue weighted by atomic mass is 10.0. The highest BCUT2D eigenvalue weighted by molar-refractivity contribution is 6.14. The van der Waals surface area contributed by atoms with E-state index in [1.54, 1.807) is 0 Å². The van der Waals surface area contributed by atoms with Gasteiger partial charge in [0.25, 0.3) is 5.91 Å². The molecule has 1 aromatic heterocycles. The highest BCUT2D eigenvalue weighted by Crippen LogP contribution is 2.29. The summed E-state index contributed by atoms with van der Waals surface area (Å²) in [6.07, 6.45) is 3.02. The molecule has 4 aromatic rings. The zero-order valence-electron chi connectivity index (χ0n) is 15.8. The van der Waals surface area contributed by atoms with Crippen molar-refractivity contribution in [1.82, 2.24) is 9.97 Å². The molecule has 0 saturated carbocycles. The second kappa shape index (κ2) is 8.39. The van der Waals surface area contributed by atoms with Gasteiger partial charge in [-0.05, 0) is 35.9 Å². The Labute approximate surface area is 168 Å². The third kappa shape index (κ3) is 4.16. The largest absolute Gasteiger partial charge is 0.493 e. The first-order valence-electron chi connectivity index (χ1n) is 9.25. The Morgan fingerprint density at radius 2 is 1.66 bits per heavy atom. The first-order valence-corrected chi connectivity index (χ1v) is 9.25. The molecule has 1 amide bonds. The molecule has 0 fully saturated rings. The number of carbonyl (C=O) groups excluding carboxylic acids is 1. The number of carbonyl (C=O) groups is 1. The van der Waals surface area contributed by atoms with Crippen molar-refractivity contribution >= 4 is 22.4 Å². The second-order valence-corrected chi connectivity index (χ2v) is 6.22. The molecule has 6 heteroatoms. The van der Waals surface area contributed by atoms with Gasteiger partial charge in [-0.1, -0.05) is 48.5 Å². The van der Waals surface area contributed by atoms with Gasteiger partial charge in [-0.3, -0.25) is 4.79 Å². The maximum atomic E-state index is 13.0. The number of anilines is 1. The van der Waals surface area contributed by atoms with Gasteiger partial charge in [0.15, 0.2) is 0 Å². The van der Waals surface area contributed by atoms with Crippen LogP contribution in [0.15, 0.2) is 79.1 Å². The topological polar surface area (TPSA) is 73.3 Å². The summed E-state index contributed by atoms with van der Waals surface area (Å²) in [5.74, 6) is 0.889. The number of rotatable bonds is 6. The number of hydrogen-bond acceptors (Lipinski definition) is 5. The number of nitrogens with zero attached hydrogens (tertiary/aromatic N) is 2. The molecule has 0 atom stereocenters. The van der Waals surface area contributed by atoms with Crippen LogP contribution in [0.4, 0.5) is 5.69 Å². The summed E-state index contributed by atoms with van der Waals surface area (Å²) in [5.41, 5.74) is 0.945. The Balaban J connectivity index is 1.57. The average Bonchev–Trinajstić information content (AvgIpc) is 2.76. The van der Waals surface area contributed by atoms with E-state index >= 15 is 0 Å². The fourth-order valence-electron chi connectivity index (χ4n) is 2.98. The van der Waals surface area contributed by atoms with Crippen molar-refractivity contribution in [3.8, 4) is 17.5 Å². The number of benzene rings is 3. The molecule has 144 valence electrons. The fraction of sp³-hybridized carbons (Fsp3) is 0.0870. The Bertz CT molecular complexity index is 1130. The summed E-state index contributed by atoms with van der Waals surface area (Å²) in [6.45, 7) is 2.35. The molecule has 0 aliphatic rings. The van der Waals surface area contributed by atoms with E-state index in [1.165, 1.54) is 12.4 Å². The molecule has 0 aliphatic carbocycles. The Kier molecular flexibility index (Phi) is 5.33. The molecule has 6 nitrogen and oxygen atoms in total. The number of para-hydroxylation sites is 1. The van der Waals surface area contributed by atoms with Gasteiger partial charge in [0.05, 0.1) is 30.3 Å². The number of aromatic nitrogens is 2. The van der Waals surface area contributed by atoms with Crippen LogP contribution in [0.3, 0.4) is 0 Å². The summed E-state index contributed by atoms with van der Waals surface area (Å²) in [4.78, 5) is 21.3. The summed E-state index contributed by atoms with van der Waals surface area (Å²) < 4.78 is 11.3. The van der Waals surface area contributed by atoms with Gasteiger partial charge >= 0.3 is 6.01 Å². The molecular formula is C23H19N3O3. The van der Waals surface area contributed by atoms with Gasteiger partial charge in [-0.15, -0.1) is 0 Å². The first-order chi connectivity index (χ1) is 14.2. The van der Waals surface area contributed by atoms with Crippen molar-refractivity contribution in [2.45, 2.75) is 6.92 Å². The predicted molar refractivity (Wildman–Crippen MR) is 112 cm³/mol. The van der Waals surface area contributed by atoms with Gasteiger partial charge < -0.3 is 14.8 Å². The van der Waals surface area contributed by atoms with Crippen molar-refractivity contribution < 1.29 is 14.3 Å². The smallest absolute Gasteiger partial charge is 0.322 e. The Hall–Kier alpha value is -3.93. The number of hydrogen-bond donors (Lipinski definition) is 1. The zero-order chi connectivity index (χ0) is 20.1. The third-order valence-electron chi connectivity index (χ3n) is 4.26. The summed E-state index contributed by atoms with van der Waals surface area (Å²) in [5, 5.41) is 4.62. The predicted octanol–water partition coefficient (Wildman–Crippen LogP) is 5.07. The molecule has 1 N–H and O–H groups in total. The molecule has 0 spiro atoms. The van der Waals surface area contributed by atoms with Crippen LogP contribution in [0.2, 0.25) is 0 Å². The minimum Gasteiger partial charge on any atom is -0.493 e. The van der Waals surface area contributed by atoms with Gasteiger partial charge in [0, 0.05) is 0 Å².